The normalized spacial score (nSPS) is 16.3. The highest BCUT2D eigenvalue weighted by molar-refractivity contribution is 7.21. The van der Waals surface area contributed by atoms with Gasteiger partial charge in [-0.1, -0.05) is 264 Å². The van der Waals surface area contributed by atoms with Crippen LogP contribution in [0.5, 0.6) is 0 Å². The summed E-state index contributed by atoms with van der Waals surface area (Å²) in [6.45, 7) is 14.4. The second-order valence-electron chi connectivity index (χ2n) is 34.4. The molecular weight excluding hydrogens is 1500 g/mol. The largest absolute Gasteiger partial charge is 0.452 e. The maximum Gasteiger partial charge on any atom is 0.183 e. The molecule has 578 valence electrons. The van der Waals surface area contributed by atoms with E-state index in [2.05, 4.69) is 393 Å². The third kappa shape index (κ3) is 9.73. The van der Waals surface area contributed by atoms with Crippen molar-refractivity contribution in [2.45, 2.75) is 71.6 Å². The Balaban J connectivity index is 0.639. The number of benzene rings is 16. The first kappa shape index (κ1) is 69.3. The van der Waals surface area contributed by atoms with E-state index in [0.29, 0.717) is 0 Å². The lowest BCUT2D eigenvalue weighted by Crippen LogP contribution is -2.18. The number of furan rings is 1. The molecule has 8 nitrogen and oxygen atoms in total. The minimum absolute atomic E-state index is 0.106. The number of hydrogen-bond acceptors (Lipinski definition) is 5. The van der Waals surface area contributed by atoms with Crippen LogP contribution in [0.3, 0.4) is 0 Å². The Morgan fingerprint density at radius 1 is 0.410 bits per heavy atom. The molecule has 26 rings (SSSR count). The zero-order valence-electron chi connectivity index (χ0n) is 68.2. The molecule has 9 heterocycles. The van der Waals surface area contributed by atoms with Gasteiger partial charge in [0.1, 0.15) is 11.4 Å². The van der Waals surface area contributed by atoms with Crippen LogP contribution < -0.4 is 5.32 Å². The number of aromatic nitrogens is 4. The zero-order chi connectivity index (χ0) is 80.8. The van der Waals surface area contributed by atoms with Crippen LogP contribution in [-0.4, -0.2) is 29.6 Å². The number of thiophene rings is 1. The Kier molecular flexibility index (Phi) is 14.7. The molecule has 0 saturated heterocycles. The standard InChI is InChI=1S/C113H79N7OS/c1-62-47-52-101(117-91-40-20-13-31-76(91)77-32-14-21-41-92(77)117)116-113(111-104(62)84-39-19-26-46-99(84)121-111)120-96-45-25-17-37-82(96)106-98(120)60-90-89-57-71-49-48-70(54-73(71)58-97(89)119-95-44-24-18-38-83(95)107(106)110(90)119)72-50-51-85-100(59-72)122-112-108(115-102(61-114-109(85)112)118-93-42-22-15-33-78(93)79-34-16-23-43-94(79)118)67(6)75-30-10-11-35-80(75)103-63(2)53-86-66(5)105(103)81-36-12-9-29-74(81)64(3)65(4)87-55-68-27-7-8-28-69(68)56-88(86)87/h7-46,48-62,64-65,67,114H,47H2,1-6H3/b101-52-,116-113?/t62-,64?,65+,67+/m0/s1. The zero-order valence-corrected chi connectivity index (χ0v) is 69.0. The summed E-state index contributed by atoms with van der Waals surface area (Å²) in [7, 11) is 0. The molecular formula is C113H79N7OS. The van der Waals surface area contributed by atoms with E-state index in [1.807, 2.05) is 11.3 Å². The minimum atomic E-state index is -0.181. The van der Waals surface area contributed by atoms with Gasteiger partial charge in [-0.3, -0.25) is 13.7 Å². The summed E-state index contributed by atoms with van der Waals surface area (Å²) < 4.78 is 18.2. The van der Waals surface area contributed by atoms with Gasteiger partial charge in [-0.25, -0.2) is 9.98 Å². The predicted octanol–water partition coefficient (Wildman–Crippen LogP) is 30.7. The van der Waals surface area contributed by atoms with Crippen LogP contribution in [0.2, 0.25) is 0 Å². The maximum absolute atomic E-state index is 7.30. The molecule has 23 aromatic rings. The third-order valence-corrected chi connectivity index (χ3v) is 29.2. The number of aryl methyl sites for hydroxylation is 1. The second-order valence-corrected chi connectivity index (χ2v) is 35.5. The highest BCUT2D eigenvalue weighted by Crippen LogP contribution is 2.55. The van der Waals surface area contributed by atoms with Gasteiger partial charge in [0.25, 0.3) is 0 Å². The second kappa shape index (κ2) is 25.9. The molecule has 1 unspecified atom stereocenters. The smallest absolute Gasteiger partial charge is 0.183 e. The van der Waals surface area contributed by atoms with Gasteiger partial charge in [-0.05, 0) is 217 Å². The lowest BCUT2D eigenvalue weighted by atomic mass is 9.78. The molecule has 0 amide bonds. The van der Waals surface area contributed by atoms with Gasteiger partial charge in [0, 0.05) is 87.0 Å². The number of hydrogen-bond donors (Lipinski definition) is 1. The molecule has 9 heteroatoms. The average Bonchev–Trinajstić information content (AvgIpc) is 1.51. The number of anilines is 1. The van der Waals surface area contributed by atoms with Crippen LogP contribution in [0, 0.1) is 13.8 Å². The van der Waals surface area contributed by atoms with E-state index in [4.69, 9.17) is 14.4 Å². The average molecular weight is 1580 g/mol. The molecule has 2 aliphatic heterocycles. The van der Waals surface area contributed by atoms with Crippen molar-refractivity contribution in [1.82, 2.24) is 18.1 Å². The topological polar surface area (TPSA) is 69.1 Å². The number of rotatable bonds is 6. The van der Waals surface area contributed by atoms with Crippen molar-refractivity contribution in [2.75, 3.05) is 5.32 Å². The Bertz CT molecular complexity index is 8610. The minimum Gasteiger partial charge on any atom is -0.452 e. The summed E-state index contributed by atoms with van der Waals surface area (Å²) >= 11 is 1.84. The van der Waals surface area contributed by atoms with Gasteiger partial charge in [0.15, 0.2) is 17.4 Å². The molecule has 7 aromatic heterocycles. The van der Waals surface area contributed by atoms with E-state index in [9.17, 15) is 0 Å². The fourth-order valence-electron chi connectivity index (χ4n) is 22.1. The van der Waals surface area contributed by atoms with Gasteiger partial charge < -0.3 is 14.1 Å². The van der Waals surface area contributed by atoms with Gasteiger partial charge in [0.2, 0.25) is 0 Å². The van der Waals surface area contributed by atoms with Gasteiger partial charge in [-0.2, -0.15) is 0 Å². The van der Waals surface area contributed by atoms with Crippen molar-refractivity contribution in [3.05, 3.63) is 372 Å². The summed E-state index contributed by atoms with van der Waals surface area (Å²) in [4.78, 5) is 13.2. The number of nitrogens with zero attached hydrogens (tertiary/aromatic N) is 6. The van der Waals surface area contributed by atoms with Crippen LogP contribution in [0.4, 0.5) is 5.69 Å². The number of aliphatic imine (C=N–C) groups is 2. The van der Waals surface area contributed by atoms with E-state index in [-0.39, 0.29) is 23.7 Å². The summed E-state index contributed by atoms with van der Waals surface area (Å²) in [6, 6.07) is 118. The summed E-state index contributed by atoms with van der Waals surface area (Å²) in [6.07, 6.45) is 5.29. The molecule has 0 fully saturated rings. The van der Waals surface area contributed by atoms with Crippen LogP contribution in [0.15, 0.2) is 342 Å². The van der Waals surface area contributed by atoms with Gasteiger partial charge in [-0.15, -0.1) is 11.3 Å². The molecule has 16 aromatic carbocycles. The lowest BCUT2D eigenvalue weighted by Gasteiger charge is -2.26. The van der Waals surface area contributed by atoms with E-state index >= 15 is 0 Å². The maximum atomic E-state index is 7.30. The molecule has 0 spiro atoms. The number of nitrogens with one attached hydrogen (secondary N) is 1. The first-order chi connectivity index (χ1) is 60.0. The van der Waals surface area contributed by atoms with Crippen LogP contribution in [-0.2, 0) is 0 Å². The Labute approximate surface area is 707 Å². The molecule has 122 heavy (non-hydrogen) atoms. The molecule has 3 aliphatic rings. The summed E-state index contributed by atoms with van der Waals surface area (Å²) in [5, 5.41) is 23.2. The monoisotopic (exact) mass is 1580 g/mol. The lowest BCUT2D eigenvalue weighted by molar-refractivity contribution is 0.588. The molecule has 2 bridgehead atoms. The Hall–Kier alpha value is -14.6. The molecule has 0 saturated carbocycles. The first-order valence-electron chi connectivity index (χ1n) is 42.9. The summed E-state index contributed by atoms with van der Waals surface area (Å²) in [5.41, 5.74) is 30.9. The first-order valence-corrected chi connectivity index (χ1v) is 43.7. The Morgan fingerprint density at radius 2 is 0.984 bits per heavy atom. The van der Waals surface area contributed by atoms with Crippen LogP contribution in [0.1, 0.15) is 102 Å². The van der Waals surface area contributed by atoms with Gasteiger partial charge in [0.05, 0.1) is 65.9 Å². The van der Waals surface area contributed by atoms with E-state index < -0.39 is 0 Å². The van der Waals surface area contributed by atoms with E-state index in [1.165, 1.54) is 158 Å². The van der Waals surface area contributed by atoms with Gasteiger partial charge >= 0.3 is 0 Å². The predicted molar refractivity (Wildman–Crippen MR) is 516 cm³/mol. The number of para-hydroxylation sites is 7. The molecule has 4 atom stereocenters. The van der Waals surface area contributed by atoms with Crippen molar-refractivity contribution in [3.63, 3.8) is 0 Å². The van der Waals surface area contributed by atoms with Crippen molar-refractivity contribution in [1.29, 1.82) is 0 Å². The third-order valence-electron chi connectivity index (χ3n) is 28.0. The van der Waals surface area contributed by atoms with E-state index in [1.54, 1.807) is 0 Å². The highest BCUT2D eigenvalue weighted by Gasteiger charge is 2.36. The van der Waals surface area contributed by atoms with Crippen molar-refractivity contribution >= 4 is 186 Å². The molecule has 1 aliphatic carbocycles. The molecule has 1 N–H and O–H groups in total. The fourth-order valence-corrected chi connectivity index (χ4v) is 23.4. The molecule has 0 radical (unpaired) electrons. The van der Waals surface area contributed by atoms with Crippen molar-refractivity contribution < 1.29 is 4.42 Å². The highest BCUT2D eigenvalue weighted by atomic mass is 32.1. The van der Waals surface area contributed by atoms with E-state index in [0.717, 1.165) is 112 Å². The SMILES string of the molecule is Cc1cc2c(C)c(c1-c1ccccc1[C@@H](C)C1=NC(n3c4ccccc4c4ccccc43)=CNc3c1sc1cc(-c4ccc5cc6c7cc8c(c9ccccc9n8C8=N/C(n9c%10ccccc%10c%10ccccc%109)=C/C[C@H](C)c9c8oc8ccccc98)c8c9ccccc9n(c6cc5c4)c78)ccc31)-c1ccccc1C(C)[C@@H](C)c1cc3ccccc3cc1-2. The van der Waals surface area contributed by atoms with Crippen molar-refractivity contribution in [3.8, 4) is 44.5 Å². The quantitative estimate of drug-likeness (QED) is 0.180. The van der Waals surface area contributed by atoms with Crippen LogP contribution >= 0.6 is 11.3 Å². The Morgan fingerprint density at radius 3 is 1.70 bits per heavy atom. The number of allylic oxidation sites excluding steroid dienone is 1. The number of fused-ring (bicyclic) bond motifs is 30. The van der Waals surface area contributed by atoms with Crippen LogP contribution in [0.25, 0.3) is 202 Å². The summed E-state index contributed by atoms with van der Waals surface area (Å²) in [5.74, 6) is 3.68. The fraction of sp³-hybridized carbons (Fsp3) is 0.0973. The van der Waals surface area contributed by atoms with Crippen molar-refractivity contribution in [2.24, 2.45) is 9.98 Å².